The van der Waals surface area contributed by atoms with Crippen LogP contribution >= 0.6 is 0 Å². The molecule has 1 saturated heterocycles. The lowest BCUT2D eigenvalue weighted by atomic mass is 10.1. The van der Waals surface area contributed by atoms with Crippen LogP contribution < -0.4 is 0 Å². The molecular formula is C16H24N2O. The number of aliphatic imine (C=N–C) groups is 1. The summed E-state index contributed by atoms with van der Waals surface area (Å²) in [6.07, 6.45) is 6.58. The molecule has 0 aliphatic carbocycles. The van der Waals surface area contributed by atoms with Crippen LogP contribution in [0.1, 0.15) is 37.7 Å². The van der Waals surface area contributed by atoms with Gasteiger partial charge in [0.05, 0.1) is 13.1 Å². The Morgan fingerprint density at radius 1 is 0.947 bits per heavy atom. The molecule has 1 atom stereocenters. The fraction of sp³-hybridized carbons (Fsp3) is 0.562. The maximum Gasteiger partial charge on any atom is 0.198 e. The highest BCUT2D eigenvalue weighted by molar-refractivity contribution is 5.76. The highest BCUT2D eigenvalue weighted by atomic mass is 16.0. The van der Waals surface area contributed by atoms with E-state index in [0.29, 0.717) is 0 Å². The zero-order valence-electron chi connectivity index (χ0n) is 11.6. The summed E-state index contributed by atoms with van der Waals surface area (Å²) in [6.45, 7) is 4.81. The molecule has 0 saturated carbocycles. The standard InChI is InChI=1S/C16H23N2.H2O/c1-3-8-15(9-4-1)14-18-12-6-2-5-10-16(18)17-11-7-13-18;/h1,3-4,8-9H,2,5-7,10-14H2;1H2/q+1;/p-1. The Morgan fingerprint density at radius 2 is 1.74 bits per heavy atom. The van der Waals surface area contributed by atoms with Gasteiger partial charge in [-0.05, 0) is 19.3 Å². The molecule has 0 bridgehead atoms. The van der Waals surface area contributed by atoms with Gasteiger partial charge in [0.25, 0.3) is 0 Å². The highest BCUT2D eigenvalue weighted by Crippen LogP contribution is 2.27. The Balaban J connectivity index is 0.00000133. The lowest BCUT2D eigenvalue weighted by Gasteiger charge is -2.40. The first-order valence-electron chi connectivity index (χ1n) is 7.33. The van der Waals surface area contributed by atoms with Crippen LogP contribution in [0.3, 0.4) is 0 Å². The van der Waals surface area contributed by atoms with E-state index in [4.69, 9.17) is 4.99 Å². The van der Waals surface area contributed by atoms with E-state index in [2.05, 4.69) is 30.3 Å². The van der Waals surface area contributed by atoms with Gasteiger partial charge < -0.3 is 5.48 Å². The van der Waals surface area contributed by atoms with E-state index in [-0.39, 0.29) is 5.48 Å². The van der Waals surface area contributed by atoms with Crippen molar-refractivity contribution in [1.29, 1.82) is 0 Å². The van der Waals surface area contributed by atoms with Crippen LogP contribution in [-0.4, -0.2) is 35.4 Å². The Labute approximate surface area is 115 Å². The number of benzene rings is 1. The van der Waals surface area contributed by atoms with E-state index in [1.54, 1.807) is 0 Å². The van der Waals surface area contributed by atoms with Gasteiger partial charge in [-0.25, -0.2) is 4.99 Å². The summed E-state index contributed by atoms with van der Waals surface area (Å²) < 4.78 is 1.16. The summed E-state index contributed by atoms with van der Waals surface area (Å²) >= 11 is 0. The molecule has 1 fully saturated rings. The first-order chi connectivity index (χ1) is 8.89. The van der Waals surface area contributed by atoms with Crippen LogP contribution in [0.4, 0.5) is 0 Å². The van der Waals surface area contributed by atoms with Crippen molar-refractivity contribution in [2.75, 3.05) is 19.6 Å². The van der Waals surface area contributed by atoms with Crippen molar-refractivity contribution < 1.29 is 9.96 Å². The lowest BCUT2D eigenvalue weighted by Crippen LogP contribution is -2.54. The molecule has 0 amide bonds. The van der Waals surface area contributed by atoms with Gasteiger partial charge in [-0.2, -0.15) is 0 Å². The monoisotopic (exact) mass is 260 g/mol. The Kier molecular flexibility index (Phi) is 4.72. The van der Waals surface area contributed by atoms with Gasteiger partial charge in [0.1, 0.15) is 6.54 Å². The van der Waals surface area contributed by atoms with Gasteiger partial charge in [-0.3, -0.25) is 4.48 Å². The largest absolute Gasteiger partial charge is 0.870 e. The third-order valence-corrected chi connectivity index (χ3v) is 4.40. The minimum Gasteiger partial charge on any atom is -0.870 e. The second-order valence-electron chi connectivity index (χ2n) is 5.70. The number of quaternary nitrogens is 1. The normalized spacial score (nSPS) is 26.6. The van der Waals surface area contributed by atoms with Crippen LogP contribution in [0.15, 0.2) is 35.3 Å². The van der Waals surface area contributed by atoms with Gasteiger partial charge in [0.15, 0.2) is 5.84 Å². The molecule has 1 aromatic rings. The molecular weight excluding hydrogens is 236 g/mol. The van der Waals surface area contributed by atoms with Crippen molar-refractivity contribution in [3.8, 4) is 0 Å². The van der Waals surface area contributed by atoms with Crippen LogP contribution in [0.25, 0.3) is 0 Å². The molecule has 0 radical (unpaired) electrons. The molecule has 1 aromatic carbocycles. The van der Waals surface area contributed by atoms with E-state index in [1.807, 2.05) is 0 Å². The first-order valence-corrected chi connectivity index (χ1v) is 7.33. The predicted molar refractivity (Wildman–Crippen MR) is 77.5 cm³/mol. The van der Waals surface area contributed by atoms with E-state index < -0.39 is 0 Å². The van der Waals surface area contributed by atoms with Crippen molar-refractivity contribution in [3.63, 3.8) is 0 Å². The minimum absolute atomic E-state index is 0. The van der Waals surface area contributed by atoms with Crippen molar-refractivity contribution in [1.82, 2.24) is 0 Å². The summed E-state index contributed by atoms with van der Waals surface area (Å²) in [5.41, 5.74) is 1.47. The smallest absolute Gasteiger partial charge is 0.198 e. The molecule has 1 N–H and O–H groups in total. The van der Waals surface area contributed by atoms with E-state index in [0.717, 1.165) is 17.6 Å². The van der Waals surface area contributed by atoms with Crippen LogP contribution in [0.2, 0.25) is 0 Å². The summed E-state index contributed by atoms with van der Waals surface area (Å²) in [4.78, 5) is 4.87. The van der Waals surface area contributed by atoms with Crippen LogP contribution in [-0.2, 0) is 6.54 Å². The van der Waals surface area contributed by atoms with E-state index in [9.17, 15) is 0 Å². The van der Waals surface area contributed by atoms with Gasteiger partial charge in [-0.15, -0.1) is 0 Å². The highest BCUT2D eigenvalue weighted by Gasteiger charge is 2.37. The number of rotatable bonds is 2. The van der Waals surface area contributed by atoms with Gasteiger partial charge in [0.2, 0.25) is 0 Å². The molecule has 0 aromatic heterocycles. The number of nitrogens with zero attached hydrogens (tertiary/aromatic N) is 2. The van der Waals surface area contributed by atoms with Crippen LogP contribution in [0.5, 0.6) is 0 Å². The zero-order chi connectivity index (χ0) is 12.3. The van der Waals surface area contributed by atoms with E-state index in [1.165, 1.54) is 56.6 Å². The summed E-state index contributed by atoms with van der Waals surface area (Å²) in [6, 6.07) is 11.0. The molecule has 3 rings (SSSR count). The van der Waals surface area contributed by atoms with Gasteiger partial charge in [-0.1, -0.05) is 30.3 Å². The molecule has 0 spiro atoms. The number of fused-ring (bicyclic) bond motifs is 1. The fourth-order valence-electron chi connectivity index (χ4n) is 3.47. The third kappa shape index (κ3) is 3.04. The average molecular weight is 260 g/mol. The molecule has 2 aliphatic heterocycles. The second kappa shape index (κ2) is 6.31. The maximum absolute atomic E-state index is 4.87. The molecule has 3 nitrogen and oxygen atoms in total. The molecule has 2 heterocycles. The number of hydrogen-bond acceptors (Lipinski definition) is 2. The van der Waals surface area contributed by atoms with E-state index >= 15 is 0 Å². The van der Waals surface area contributed by atoms with Crippen LogP contribution in [0, 0.1) is 0 Å². The van der Waals surface area contributed by atoms with Crippen molar-refractivity contribution in [2.45, 2.75) is 38.6 Å². The van der Waals surface area contributed by atoms with Crippen molar-refractivity contribution in [2.24, 2.45) is 4.99 Å². The van der Waals surface area contributed by atoms with Gasteiger partial charge >= 0.3 is 0 Å². The third-order valence-electron chi connectivity index (χ3n) is 4.40. The topological polar surface area (TPSA) is 42.4 Å². The predicted octanol–water partition coefficient (Wildman–Crippen LogP) is 3.20. The SMILES string of the molecule is [OH-].c1ccc(C[N+]23CCCCCC2=NCCC3)cc1. The lowest BCUT2D eigenvalue weighted by molar-refractivity contribution is -0.858. The molecule has 104 valence electrons. The molecule has 2 aliphatic rings. The quantitative estimate of drug-likeness (QED) is 0.753. The summed E-state index contributed by atoms with van der Waals surface area (Å²) in [5.74, 6) is 1.49. The second-order valence-corrected chi connectivity index (χ2v) is 5.70. The maximum atomic E-state index is 4.87. The fourth-order valence-corrected chi connectivity index (χ4v) is 3.47. The minimum atomic E-state index is 0. The molecule has 1 unspecified atom stereocenters. The summed E-state index contributed by atoms with van der Waals surface area (Å²) in [7, 11) is 0. The molecule has 19 heavy (non-hydrogen) atoms. The Morgan fingerprint density at radius 3 is 2.58 bits per heavy atom. The zero-order valence-corrected chi connectivity index (χ0v) is 11.6. The summed E-state index contributed by atoms with van der Waals surface area (Å²) in [5, 5.41) is 0. The number of hydrogen-bond donors (Lipinski definition) is 0. The molecule has 3 heteroatoms. The average Bonchev–Trinajstić information content (AvgIpc) is 2.62. The Hall–Kier alpha value is -1.19. The van der Waals surface area contributed by atoms with Crippen molar-refractivity contribution >= 4 is 5.84 Å². The Bertz CT molecular complexity index is 430. The first kappa shape index (κ1) is 14.2. The van der Waals surface area contributed by atoms with Crippen molar-refractivity contribution in [3.05, 3.63) is 35.9 Å². The number of amidine groups is 1. The van der Waals surface area contributed by atoms with Gasteiger partial charge in [0, 0.05) is 24.9 Å².